The molecule has 0 N–H and O–H groups in total. The molecule has 4 heteroatoms. The van der Waals surface area contributed by atoms with Gasteiger partial charge in [-0.15, -0.1) is 5.54 Å². The highest BCUT2D eigenvalue weighted by atomic mass is 28.3. The van der Waals surface area contributed by atoms with Gasteiger partial charge >= 0.3 is 0 Å². The van der Waals surface area contributed by atoms with Crippen LogP contribution in [0.5, 0.6) is 0 Å². The van der Waals surface area contributed by atoms with Crippen LogP contribution in [0.15, 0.2) is 29.2 Å². The maximum Gasteiger partial charge on any atom is 0.276 e. The molecule has 0 saturated heterocycles. The first-order chi connectivity index (χ1) is 8.37. The van der Waals surface area contributed by atoms with Crippen molar-refractivity contribution in [2.24, 2.45) is 7.05 Å². The van der Waals surface area contributed by atoms with Gasteiger partial charge in [-0.2, -0.15) is 0 Å². The normalized spacial score (nSPS) is 11.1. The lowest BCUT2D eigenvalue weighted by Crippen LogP contribution is -2.17. The predicted octanol–water partition coefficient (Wildman–Crippen LogP) is 2.16. The van der Waals surface area contributed by atoms with Crippen molar-refractivity contribution in [1.29, 1.82) is 0 Å². The number of hydrogen-bond acceptors (Lipinski definition) is 2. The topological polar surface area (TPSA) is 34.9 Å². The van der Waals surface area contributed by atoms with Crippen LogP contribution < -0.4 is 5.56 Å². The Bertz CT molecular complexity index is 714. The van der Waals surface area contributed by atoms with Gasteiger partial charge in [-0.05, 0) is 18.2 Å². The van der Waals surface area contributed by atoms with E-state index >= 15 is 0 Å². The van der Waals surface area contributed by atoms with Crippen molar-refractivity contribution in [3.63, 3.8) is 0 Å². The van der Waals surface area contributed by atoms with Gasteiger partial charge in [0.05, 0.1) is 0 Å². The van der Waals surface area contributed by atoms with Crippen LogP contribution in [0.25, 0.3) is 10.9 Å². The zero-order valence-electron chi connectivity index (χ0n) is 11.1. The van der Waals surface area contributed by atoms with E-state index in [0.29, 0.717) is 11.2 Å². The highest BCUT2D eigenvalue weighted by molar-refractivity contribution is 6.83. The molecular weight excluding hydrogens is 240 g/mol. The quantitative estimate of drug-likeness (QED) is 0.535. The van der Waals surface area contributed by atoms with Crippen molar-refractivity contribution in [2.75, 3.05) is 0 Å². The van der Waals surface area contributed by atoms with Crippen LogP contribution in [-0.4, -0.2) is 17.6 Å². The van der Waals surface area contributed by atoms with E-state index in [1.807, 2.05) is 18.2 Å². The molecule has 0 atom stereocenters. The second-order valence-corrected chi connectivity index (χ2v) is 10.1. The van der Waals surface area contributed by atoms with Crippen molar-refractivity contribution in [3.8, 4) is 11.5 Å². The Morgan fingerprint density at radius 2 is 1.94 bits per heavy atom. The number of hydrogen-bond donors (Lipinski definition) is 0. The lowest BCUT2D eigenvalue weighted by molar-refractivity contribution is 0.869. The Kier molecular flexibility index (Phi) is 3.10. The minimum Gasteiger partial charge on any atom is -0.317 e. The molecule has 0 unspecified atom stereocenters. The Morgan fingerprint density at radius 3 is 2.61 bits per heavy atom. The second kappa shape index (κ2) is 4.43. The maximum atomic E-state index is 11.9. The molecule has 18 heavy (non-hydrogen) atoms. The van der Waals surface area contributed by atoms with Crippen LogP contribution >= 0.6 is 0 Å². The lowest BCUT2D eigenvalue weighted by Gasteiger charge is -2.04. The zero-order chi connectivity index (χ0) is 13.3. The van der Waals surface area contributed by atoms with E-state index in [0.717, 1.165) is 5.39 Å². The fourth-order valence-electron chi connectivity index (χ4n) is 1.52. The highest BCUT2D eigenvalue weighted by Crippen LogP contribution is 2.07. The minimum absolute atomic E-state index is 0.0795. The minimum atomic E-state index is -1.42. The molecular formula is C14H16N2OSi. The molecule has 0 saturated carbocycles. The molecule has 2 aromatic rings. The number of fused-ring (bicyclic) bond motifs is 1. The smallest absolute Gasteiger partial charge is 0.276 e. The molecule has 2 rings (SSSR count). The van der Waals surface area contributed by atoms with Crippen LogP contribution in [0.3, 0.4) is 0 Å². The van der Waals surface area contributed by atoms with Crippen molar-refractivity contribution < 1.29 is 0 Å². The molecule has 92 valence electrons. The van der Waals surface area contributed by atoms with Crippen LogP contribution in [-0.2, 0) is 7.05 Å². The number of pyridine rings is 2. The third-order valence-corrected chi connectivity index (χ3v) is 3.37. The molecule has 0 aromatic carbocycles. The maximum absolute atomic E-state index is 11.9. The number of aryl methyl sites for hydroxylation is 1. The standard InChI is InChI=1S/C14H16N2OSi/c1-16-9-7-11-5-6-12(8-10-18(2,3)4)15-13(11)14(16)17/h5-7,9H,1-4H3. The molecule has 0 aliphatic rings. The van der Waals surface area contributed by atoms with E-state index in [2.05, 4.69) is 36.1 Å². The van der Waals surface area contributed by atoms with Crippen LogP contribution in [0.4, 0.5) is 0 Å². The van der Waals surface area contributed by atoms with Crippen LogP contribution in [0, 0.1) is 11.5 Å². The van der Waals surface area contributed by atoms with Gasteiger partial charge in [0.25, 0.3) is 5.56 Å². The van der Waals surface area contributed by atoms with Gasteiger partial charge < -0.3 is 4.57 Å². The summed E-state index contributed by atoms with van der Waals surface area (Å²) in [5.41, 5.74) is 4.34. The molecule has 2 heterocycles. The molecule has 0 aliphatic heterocycles. The average molecular weight is 256 g/mol. The Balaban J connectivity index is 2.59. The predicted molar refractivity (Wildman–Crippen MR) is 77.2 cm³/mol. The summed E-state index contributed by atoms with van der Waals surface area (Å²) in [5, 5.41) is 0.858. The average Bonchev–Trinajstić information content (AvgIpc) is 2.31. The van der Waals surface area contributed by atoms with Gasteiger partial charge in [0, 0.05) is 18.6 Å². The summed E-state index contributed by atoms with van der Waals surface area (Å²) in [6, 6.07) is 5.66. The van der Waals surface area contributed by atoms with Gasteiger partial charge in [0.1, 0.15) is 19.3 Å². The number of aromatic nitrogens is 2. The van der Waals surface area contributed by atoms with Gasteiger partial charge in [0.2, 0.25) is 0 Å². The molecule has 2 aromatic heterocycles. The van der Waals surface area contributed by atoms with Gasteiger partial charge in [-0.1, -0.05) is 25.6 Å². The summed E-state index contributed by atoms with van der Waals surface area (Å²) < 4.78 is 1.53. The molecule has 0 amide bonds. The SMILES string of the molecule is Cn1ccc2ccc(C#C[Si](C)(C)C)nc2c1=O. The first-order valence-electron chi connectivity index (χ1n) is 5.86. The zero-order valence-corrected chi connectivity index (χ0v) is 12.1. The van der Waals surface area contributed by atoms with E-state index in [9.17, 15) is 4.79 Å². The van der Waals surface area contributed by atoms with Gasteiger partial charge in [-0.3, -0.25) is 4.79 Å². The summed E-state index contributed by atoms with van der Waals surface area (Å²) in [7, 11) is 0.310. The molecule has 0 bridgehead atoms. The Labute approximate surface area is 107 Å². The number of rotatable bonds is 0. The molecule has 0 fully saturated rings. The summed E-state index contributed by atoms with van der Waals surface area (Å²) >= 11 is 0. The van der Waals surface area contributed by atoms with Gasteiger partial charge in [0.15, 0.2) is 0 Å². The summed E-state index contributed by atoms with van der Waals surface area (Å²) in [4.78, 5) is 16.3. The summed E-state index contributed by atoms with van der Waals surface area (Å²) in [5.74, 6) is 3.08. The van der Waals surface area contributed by atoms with Crippen molar-refractivity contribution >= 4 is 19.0 Å². The Hall–Kier alpha value is -1.86. The summed E-state index contributed by atoms with van der Waals surface area (Å²) in [6.45, 7) is 6.54. The van der Waals surface area contributed by atoms with E-state index in [4.69, 9.17) is 0 Å². The largest absolute Gasteiger partial charge is 0.317 e. The molecule has 0 radical (unpaired) electrons. The van der Waals surface area contributed by atoms with Crippen LogP contribution in [0.2, 0.25) is 19.6 Å². The summed E-state index contributed by atoms with van der Waals surface area (Å²) in [6.07, 6.45) is 1.75. The second-order valence-electron chi connectivity index (χ2n) is 5.37. The third kappa shape index (κ3) is 2.69. The van der Waals surface area contributed by atoms with Crippen molar-refractivity contribution in [1.82, 2.24) is 9.55 Å². The lowest BCUT2D eigenvalue weighted by atomic mass is 10.2. The molecule has 0 aliphatic carbocycles. The highest BCUT2D eigenvalue weighted by Gasteiger charge is 2.08. The van der Waals surface area contributed by atoms with E-state index < -0.39 is 8.07 Å². The molecule has 3 nitrogen and oxygen atoms in total. The van der Waals surface area contributed by atoms with E-state index in [-0.39, 0.29) is 5.56 Å². The Morgan fingerprint density at radius 1 is 1.22 bits per heavy atom. The van der Waals surface area contributed by atoms with E-state index in [1.54, 1.807) is 13.2 Å². The third-order valence-electron chi connectivity index (χ3n) is 2.49. The van der Waals surface area contributed by atoms with E-state index in [1.165, 1.54) is 4.57 Å². The van der Waals surface area contributed by atoms with Crippen molar-refractivity contribution in [3.05, 3.63) is 40.4 Å². The van der Waals surface area contributed by atoms with Gasteiger partial charge in [-0.25, -0.2) is 4.98 Å². The van der Waals surface area contributed by atoms with Crippen LogP contribution in [0.1, 0.15) is 5.69 Å². The fourth-order valence-corrected chi connectivity index (χ4v) is 2.03. The van der Waals surface area contributed by atoms with Crippen molar-refractivity contribution in [2.45, 2.75) is 19.6 Å². The first-order valence-corrected chi connectivity index (χ1v) is 9.36. The number of nitrogens with zero attached hydrogens (tertiary/aromatic N) is 2. The fraction of sp³-hybridized carbons (Fsp3) is 0.286. The molecule has 0 spiro atoms. The first kappa shape index (κ1) is 12.6. The monoisotopic (exact) mass is 256 g/mol.